The molecule has 1 aliphatic carbocycles. The number of piperidine rings is 1. The molecule has 6 aromatic rings. The minimum Gasteiger partial charge on any atom is -0.373 e. The Kier molecular flexibility index (Phi) is 12.9. The summed E-state index contributed by atoms with van der Waals surface area (Å²) >= 11 is 0. The molecule has 2 atom stereocenters. The topological polar surface area (TPSA) is 143 Å². The highest BCUT2D eigenvalue weighted by Crippen LogP contribution is 2.37. The fraction of sp³-hybridized carbons (Fsp3) is 0.407. The van der Waals surface area contributed by atoms with Gasteiger partial charge in [-0.1, -0.05) is 11.6 Å². The van der Waals surface area contributed by atoms with E-state index in [9.17, 15) is 19.2 Å². The predicted octanol–water partition coefficient (Wildman–Crippen LogP) is 7.87. The molecule has 3 fully saturated rings. The van der Waals surface area contributed by atoms with Gasteiger partial charge in [-0.2, -0.15) is 0 Å². The number of aryl methyl sites for hydroxylation is 3. The third-order valence-corrected chi connectivity index (χ3v) is 15.4. The second-order valence-corrected chi connectivity index (χ2v) is 19.6. The van der Waals surface area contributed by atoms with Crippen molar-refractivity contribution in [2.24, 2.45) is 20.0 Å². The van der Waals surface area contributed by atoms with Crippen molar-refractivity contribution in [2.75, 3.05) is 63.1 Å². The van der Waals surface area contributed by atoms with E-state index < -0.39 is 23.5 Å². The van der Waals surface area contributed by atoms with Gasteiger partial charge >= 0.3 is 5.69 Å². The molecular weight excluding hydrogens is 891 g/mol. The molecule has 7 heterocycles. The summed E-state index contributed by atoms with van der Waals surface area (Å²) in [6.45, 7) is 9.23. The van der Waals surface area contributed by atoms with Crippen molar-refractivity contribution in [1.82, 2.24) is 38.8 Å². The van der Waals surface area contributed by atoms with Crippen molar-refractivity contribution in [3.63, 3.8) is 0 Å². The summed E-state index contributed by atoms with van der Waals surface area (Å²) in [6, 6.07) is 13.8. The highest BCUT2D eigenvalue weighted by atomic mass is 19.1. The zero-order valence-electron chi connectivity index (χ0n) is 40.5. The average Bonchev–Trinajstić information content (AvgIpc) is 3.82. The van der Waals surface area contributed by atoms with E-state index in [0.717, 1.165) is 102 Å². The van der Waals surface area contributed by atoms with Crippen molar-refractivity contribution in [1.29, 1.82) is 0 Å². The number of hydrogen-bond donors (Lipinski definition) is 2. The summed E-state index contributed by atoms with van der Waals surface area (Å²) in [5, 5.41) is 6.45. The summed E-state index contributed by atoms with van der Waals surface area (Å²) < 4.78 is 36.7. The molecule has 1 saturated carbocycles. The molecule has 4 aliphatic rings. The van der Waals surface area contributed by atoms with Gasteiger partial charge in [-0.05, 0) is 124 Å². The molecule has 1 unspecified atom stereocenters. The van der Waals surface area contributed by atoms with Crippen LogP contribution in [0.5, 0.6) is 0 Å². The Morgan fingerprint density at radius 2 is 1.67 bits per heavy atom. The summed E-state index contributed by atoms with van der Waals surface area (Å²) in [5.41, 5.74) is 8.83. The van der Waals surface area contributed by atoms with Gasteiger partial charge in [-0.15, -0.1) is 0 Å². The molecular formula is C54H60F2N10O4. The molecule has 0 radical (unpaired) electrons. The molecule has 2 aromatic carbocycles. The van der Waals surface area contributed by atoms with Gasteiger partial charge in [0.1, 0.15) is 29.1 Å². The van der Waals surface area contributed by atoms with Crippen LogP contribution in [-0.2, 0) is 23.7 Å². The molecule has 14 nitrogen and oxygen atoms in total. The van der Waals surface area contributed by atoms with Crippen LogP contribution in [0.3, 0.4) is 0 Å². The molecule has 3 aliphatic heterocycles. The number of imide groups is 1. The van der Waals surface area contributed by atoms with Gasteiger partial charge in [0.25, 0.3) is 0 Å². The van der Waals surface area contributed by atoms with Crippen LogP contribution in [-0.4, -0.2) is 104 Å². The SMILES string of the molecule is CNc1ccc(-c2ccnc3c2cc([C@H](C)N2CC=C(c4c(C)cc(C(=O)C=C5CCC(CN6CCN(c7cc8c(cc7F)n(C7CCC(=O)NC7=O)c(=O)n8C)CC6)CC5)cc4F)CC2)n3C)cn1. The number of benzene rings is 2. The van der Waals surface area contributed by atoms with Crippen molar-refractivity contribution in [3.8, 4) is 11.1 Å². The van der Waals surface area contributed by atoms with Gasteiger partial charge in [0.15, 0.2) is 5.78 Å². The normalized spacial score (nSPS) is 20.0. The Balaban J connectivity index is 0.725. The second-order valence-electron chi connectivity index (χ2n) is 19.6. The number of hydrogen-bond acceptors (Lipinski definition) is 10. The van der Waals surface area contributed by atoms with Gasteiger partial charge in [0.05, 0.1) is 16.7 Å². The van der Waals surface area contributed by atoms with Gasteiger partial charge in [0.2, 0.25) is 11.8 Å². The number of pyridine rings is 2. The van der Waals surface area contributed by atoms with E-state index in [1.54, 1.807) is 19.2 Å². The van der Waals surface area contributed by atoms with Crippen molar-refractivity contribution >= 4 is 56.7 Å². The highest BCUT2D eigenvalue weighted by molar-refractivity contribution is 6.05. The minimum absolute atomic E-state index is 0.0944. The van der Waals surface area contributed by atoms with Crippen molar-refractivity contribution < 1.29 is 23.2 Å². The van der Waals surface area contributed by atoms with Crippen LogP contribution in [0.25, 0.3) is 38.8 Å². The Morgan fingerprint density at radius 3 is 2.36 bits per heavy atom. The molecule has 70 heavy (non-hydrogen) atoms. The lowest BCUT2D eigenvalue weighted by molar-refractivity contribution is -0.135. The molecule has 364 valence electrons. The number of piperazine rings is 1. The van der Waals surface area contributed by atoms with E-state index in [0.29, 0.717) is 59.8 Å². The van der Waals surface area contributed by atoms with Gasteiger partial charge in [-0.25, -0.2) is 23.5 Å². The number of aromatic nitrogens is 5. The fourth-order valence-corrected chi connectivity index (χ4v) is 11.4. The number of anilines is 2. The van der Waals surface area contributed by atoms with Crippen LogP contribution >= 0.6 is 0 Å². The number of carbonyl (C=O) groups excluding carboxylic acids is 3. The lowest BCUT2D eigenvalue weighted by Crippen LogP contribution is -2.48. The maximum Gasteiger partial charge on any atom is 0.329 e. The Morgan fingerprint density at radius 1 is 0.886 bits per heavy atom. The maximum absolute atomic E-state index is 16.0. The lowest BCUT2D eigenvalue weighted by Gasteiger charge is -2.38. The smallest absolute Gasteiger partial charge is 0.329 e. The van der Waals surface area contributed by atoms with Crippen LogP contribution in [0.4, 0.5) is 20.3 Å². The number of ketones is 1. The highest BCUT2D eigenvalue weighted by Gasteiger charge is 2.33. The molecule has 2 saturated heterocycles. The average molecular weight is 951 g/mol. The van der Waals surface area contributed by atoms with Crippen LogP contribution in [0.15, 0.2) is 83.4 Å². The Labute approximate surface area is 405 Å². The van der Waals surface area contributed by atoms with Crippen molar-refractivity contribution in [3.05, 3.63) is 123 Å². The van der Waals surface area contributed by atoms with E-state index in [1.807, 2.05) is 49.5 Å². The maximum atomic E-state index is 16.0. The van der Waals surface area contributed by atoms with E-state index in [4.69, 9.17) is 4.98 Å². The van der Waals surface area contributed by atoms with E-state index in [2.05, 4.69) is 62.2 Å². The standard InChI is InChI=1S/C54H60F2N10O4/c1-32-24-38(26-42(56)51(32)36-15-18-64(19-16-36)33(2)44-27-40-39(14-17-58-52(40)61(44)4)37-10-12-49(57-3)59-30-37)48(67)25-34-6-8-35(9-7-34)31-63-20-22-65(23-21-63)45-29-46-47(28-41(45)55)66(54(70)62(46)5)43-11-13-50(68)60-53(43)69/h10,12,14-15,17,24-30,33,35,43H,6-9,11,13,16,18-23,31H2,1-5H3,(H,57,59)(H,60,68,69)/t33-,35?,43?/m0/s1. The number of fused-ring (bicyclic) bond motifs is 2. The summed E-state index contributed by atoms with van der Waals surface area (Å²) in [5.74, 6) is -0.628. The van der Waals surface area contributed by atoms with Crippen molar-refractivity contribution in [2.45, 2.75) is 70.9 Å². The first-order chi connectivity index (χ1) is 33.8. The van der Waals surface area contributed by atoms with Gasteiger partial charge in [-0.3, -0.25) is 38.6 Å². The summed E-state index contributed by atoms with van der Waals surface area (Å²) in [7, 11) is 5.53. The van der Waals surface area contributed by atoms with Crippen LogP contribution in [0.1, 0.15) is 91.1 Å². The Bertz CT molecular complexity index is 3140. The number of halogens is 2. The first-order valence-corrected chi connectivity index (χ1v) is 24.5. The third-order valence-electron chi connectivity index (χ3n) is 15.4. The number of amides is 2. The van der Waals surface area contributed by atoms with Crippen LogP contribution < -0.4 is 21.2 Å². The molecule has 2 amide bonds. The van der Waals surface area contributed by atoms with Crippen LogP contribution in [0, 0.1) is 24.5 Å². The van der Waals surface area contributed by atoms with Gasteiger partial charge in [0, 0.05) is 126 Å². The zero-order chi connectivity index (χ0) is 49.0. The number of rotatable bonds is 11. The fourth-order valence-electron chi connectivity index (χ4n) is 11.4. The number of carbonyl (C=O) groups is 3. The van der Waals surface area contributed by atoms with E-state index in [1.165, 1.54) is 21.3 Å². The lowest BCUT2D eigenvalue weighted by atomic mass is 9.84. The molecule has 4 aromatic heterocycles. The number of imidazole rings is 1. The predicted molar refractivity (Wildman–Crippen MR) is 269 cm³/mol. The zero-order valence-corrected chi connectivity index (χ0v) is 40.5. The number of nitrogens with zero attached hydrogens (tertiary/aromatic N) is 8. The first-order valence-electron chi connectivity index (χ1n) is 24.5. The summed E-state index contributed by atoms with van der Waals surface area (Å²) in [4.78, 5) is 67.3. The summed E-state index contributed by atoms with van der Waals surface area (Å²) in [6.07, 6.45) is 12.1. The van der Waals surface area contributed by atoms with Crippen LogP contribution in [0.2, 0.25) is 0 Å². The second kappa shape index (κ2) is 19.2. The molecule has 2 N–H and O–H groups in total. The monoisotopic (exact) mass is 950 g/mol. The first kappa shape index (κ1) is 46.9. The quantitative estimate of drug-likeness (QED) is 0.0749. The molecule has 0 bridgehead atoms. The van der Waals surface area contributed by atoms with E-state index >= 15 is 8.78 Å². The number of allylic oxidation sites excluding steroid dienone is 2. The van der Waals surface area contributed by atoms with Gasteiger partial charge < -0.3 is 14.8 Å². The molecule has 16 heteroatoms. The largest absolute Gasteiger partial charge is 0.373 e. The number of nitrogens with one attached hydrogen (secondary N) is 2. The third kappa shape index (κ3) is 8.87. The Hall–Kier alpha value is -6.78. The molecule has 10 rings (SSSR count). The minimum atomic E-state index is -0.876. The van der Waals surface area contributed by atoms with E-state index in [-0.39, 0.29) is 36.4 Å². The molecule has 0 spiro atoms.